The van der Waals surface area contributed by atoms with Gasteiger partial charge in [0.2, 0.25) is 0 Å². The molecule has 1 atom stereocenters. The van der Waals surface area contributed by atoms with Gasteiger partial charge in [0.05, 0.1) is 0 Å². The molecule has 0 saturated carbocycles. The van der Waals surface area contributed by atoms with E-state index in [0.717, 1.165) is 22.0 Å². The fourth-order valence-electron chi connectivity index (χ4n) is 3.80. The number of nitrogens with one attached hydrogen (secondary N) is 3. The molecule has 0 aliphatic rings. The molecule has 0 bridgehead atoms. The second-order valence-corrected chi connectivity index (χ2v) is 8.73. The van der Waals surface area contributed by atoms with Crippen molar-refractivity contribution in [3.8, 4) is 5.75 Å². The number of H-pyrrole nitrogens is 1. The van der Waals surface area contributed by atoms with Gasteiger partial charge in [0.15, 0.2) is 6.61 Å². The number of para-hydroxylation sites is 1. The number of anilines is 1. The molecule has 35 heavy (non-hydrogen) atoms. The number of carboxylic acid groups (broad SMARTS) is 1. The number of aryl methyl sites for hydroxylation is 1. The van der Waals surface area contributed by atoms with Gasteiger partial charge in [0, 0.05) is 46.3 Å². The lowest BCUT2D eigenvalue weighted by molar-refractivity contribution is -0.139. The highest BCUT2D eigenvalue weighted by Gasteiger charge is 2.20. The number of aromatic nitrogens is 1. The molecule has 4 aromatic rings. The van der Waals surface area contributed by atoms with Gasteiger partial charge in [-0.1, -0.05) is 47.5 Å². The third-order valence-electron chi connectivity index (χ3n) is 5.65. The first-order valence-electron chi connectivity index (χ1n) is 11.2. The summed E-state index contributed by atoms with van der Waals surface area (Å²) < 4.78 is 5.74. The fourth-order valence-corrected chi connectivity index (χ4v) is 4.00. The zero-order valence-corrected chi connectivity index (χ0v) is 19.9. The number of carbonyl (C=O) groups is 2. The zero-order valence-electron chi connectivity index (χ0n) is 19.2. The maximum Gasteiger partial charge on any atom is 0.321 e. The van der Waals surface area contributed by atoms with Crippen LogP contribution in [0.4, 0.5) is 5.69 Å². The molecule has 4 N–H and O–H groups in total. The Morgan fingerprint density at radius 2 is 1.83 bits per heavy atom. The highest BCUT2D eigenvalue weighted by Crippen LogP contribution is 2.24. The largest absolute Gasteiger partial charge is 0.483 e. The minimum absolute atomic E-state index is 0.194. The third kappa shape index (κ3) is 6.41. The number of amides is 1. The quantitative estimate of drug-likeness (QED) is 0.252. The Morgan fingerprint density at radius 1 is 1.06 bits per heavy atom. The number of hydrogen-bond acceptors (Lipinski definition) is 4. The van der Waals surface area contributed by atoms with Gasteiger partial charge >= 0.3 is 5.97 Å². The molecule has 0 fully saturated rings. The molecule has 180 valence electrons. The third-order valence-corrected chi connectivity index (χ3v) is 5.89. The Hall–Kier alpha value is -3.81. The van der Waals surface area contributed by atoms with Crippen molar-refractivity contribution in [2.75, 3.05) is 11.9 Å². The number of hydrogen-bond donors (Lipinski definition) is 4. The van der Waals surface area contributed by atoms with E-state index >= 15 is 0 Å². The number of fused-ring (bicyclic) bond motifs is 1. The maximum atomic E-state index is 12.3. The molecule has 8 heteroatoms. The molecule has 3 aromatic carbocycles. The molecule has 7 nitrogen and oxygen atoms in total. The van der Waals surface area contributed by atoms with Crippen LogP contribution < -0.4 is 15.4 Å². The number of carboxylic acids is 1. The van der Waals surface area contributed by atoms with E-state index in [0.29, 0.717) is 28.4 Å². The summed E-state index contributed by atoms with van der Waals surface area (Å²) in [4.78, 5) is 27.5. The van der Waals surface area contributed by atoms with Crippen molar-refractivity contribution in [2.24, 2.45) is 0 Å². The Bertz CT molecular complexity index is 1330. The summed E-state index contributed by atoms with van der Waals surface area (Å²) in [6.07, 6.45) is 2.14. The number of halogens is 1. The van der Waals surface area contributed by atoms with Crippen LogP contribution in [-0.4, -0.2) is 34.6 Å². The highest BCUT2D eigenvalue weighted by molar-refractivity contribution is 6.30. The Labute approximate surface area is 208 Å². The molecule has 0 unspecified atom stereocenters. The number of aromatic amines is 1. The molecular formula is C27H26ClN3O4. The number of benzene rings is 3. The van der Waals surface area contributed by atoms with E-state index in [2.05, 4.69) is 15.6 Å². The van der Waals surface area contributed by atoms with E-state index in [9.17, 15) is 14.7 Å². The lowest BCUT2D eigenvalue weighted by Gasteiger charge is -2.17. The van der Waals surface area contributed by atoms with Crippen molar-refractivity contribution >= 4 is 40.1 Å². The molecule has 0 aliphatic carbocycles. The molecule has 0 saturated heterocycles. The SMILES string of the molecule is Cc1ccc(NC(=O)COc2ccc(Cl)cc2CN[C@H](Cc2c[nH]c3ccccc23)C(=O)O)cc1. The van der Waals surface area contributed by atoms with E-state index in [4.69, 9.17) is 16.3 Å². The number of carbonyl (C=O) groups excluding carboxylic acids is 1. The predicted molar refractivity (Wildman–Crippen MR) is 137 cm³/mol. The zero-order chi connectivity index (χ0) is 24.8. The van der Waals surface area contributed by atoms with E-state index in [1.807, 2.05) is 61.7 Å². The predicted octanol–water partition coefficient (Wildman–Crippen LogP) is 4.93. The molecule has 1 heterocycles. The first kappa shape index (κ1) is 24.3. The van der Waals surface area contributed by atoms with Crippen LogP contribution in [0.1, 0.15) is 16.7 Å². The fraction of sp³-hybridized carbons (Fsp3) is 0.185. The Balaban J connectivity index is 1.40. The van der Waals surface area contributed by atoms with Crippen LogP contribution in [0.5, 0.6) is 5.75 Å². The molecule has 0 aliphatic heterocycles. The second-order valence-electron chi connectivity index (χ2n) is 8.29. The van der Waals surface area contributed by atoms with Gasteiger partial charge in [0.1, 0.15) is 11.8 Å². The molecule has 1 amide bonds. The molecule has 1 aromatic heterocycles. The smallest absolute Gasteiger partial charge is 0.321 e. The normalized spacial score (nSPS) is 11.8. The van der Waals surface area contributed by atoms with Gasteiger partial charge in [-0.2, -0.15) is 0 Å². The van der Waals surface area contributed by atoms with Crippen molar-refractivity contribution in [1.82, 2.24) is 10.3 Å². The first-order chi connectivity index (χ1) is 16.9. The van der Waals surface area contributed by atoms with Crippen molar-refractivity contribution in [1.29, 1.82) is 0 Å². The topological polar surface area (TPSA) is 103 Å². The van der Waals surface area contributed by atoms with Crippen molar-refractivity contribution in [2.45, 2.75) is 25.9 Å². The minimum Gasteiger partial charge on any atom is -0.483 e. The van der Waals surface area contributed by atoms with Gasteiger partial charge in [0.25, 0.3) is 5.91 Å². The average molecular weight is 492 g/mol. The summed E-state index contributed by atoms with van der Waals surface area (Å²) in [5.74, 6) is -0.806. The summed E-state index contributed by atoms with van der Waals surface area (Å²) in [7, 11) is 0. The Kier molecular flexibility index (Phi) is 7.70. The van der Waals surface area contributed by atoms with Crippen LogP contribution in [0.15, 0.2) is 72.9 Å². The summed E-state index contributed by atoms with van der Waals surface area (Å²) in [5.41, 5.74) is 4.31. The minimum atomic E-state index is -0.961. The highest BCUT2D eigenvalue weighted by atomic mass is 35.5. The lowest BCUT2D eigenvalue weighted by atomic mass is 10.0. The molecule has 4 rings (SSSR count). The van der Waals surface area contributed by atoms with E-state index in [1.165, 1.54) is 0 Å². The van der Waals surface area contributed by atoms with Crippen molar-refractivity contribution < 1.29 is 19.4 Å². The van der Waals surface area contributed by atoms with Gasteiger partial charge < -0.3 is 20.1 Å². The van der Waals surface area contributed by atoms with Crippen LogP contribution in [0.3, 0.4) is 0 Å². The van der Waals surface area contributed by atoms with Gasteiger partial charge in [-0.15, -0.1) is 0 Å². The van der Waals surface area contributed by atoms with Crippen LogP contribution >= 0.6 is 11.6 Å². The van der Waals surface area contributed by atoms with Crippen LogP contribution in [0.2, 0.25) is 5.02 Å². The molecule has 0 spiro atoms. The number of aliphatic carboxylic acids is 1. The summed E-state index contributed by atoms with van der Waals surface area (Å²) in [6.45, 7) is 1.98. The summed E-state index contributed by atoms with van der Waals surface area (Å²) >= 11 is 6.17. The first-order valence-corrected chi connectivity index (χ1v) is 11.6. The van der Waals surface area contributed by atoms with Crippen LogP contribution in [0.25, 0.3) is 10.9 Å². The molecule has 0 radical (unpaired) electrons. The van der Waals surface area contributed by atoms with Gasteiger partial charge in [-0.25, -0.2) is 0 Å². The van der Waals surface area contributed by atoms with Crippen LogP contribution in [0, 0.1) is 6.92 Å². The molecular weight excluding hydrogens is 466 g/mol. The van der Waals surface area contributed by atoms with E-state index in [-0.39, 0.29) is 19.1 Å². The lowest BCUT2D eigenvalue weighted by Crippen LogP contribution is -2.38. The van der Waals surface area contributed by atoms with Crippen molar-refractivity contribution in [3.05, 3.63) is 94.6 Å². The number of ether oxygens (including phenoxy) is 1. The van der Waals surface area contributed by atoms with E-state index in [1.54, 1.807) is 18.2 Å². The van der Waals surface area contributed by atoms with Crippen molar-refractivity contribution in [3.63, 3.8) is 0 Å². The standard InChI is InChI=1S/C27H26ClN3O4/c1-17-6-9-21(10-7-17)31-26(32)16-35-25-11-8-20(28)12-19(25)15-30-24(27(33)34)13-18-14-29-23-5-3-2-4-22(18)23/h2-12,14,24,29-30H,13,15-16H2,1H3,(H,31,32)(H,33,34)/t24-/m1/s1. The van der Waals surface area contributed by atoms with Crippen LogP contribution in [-0.2, 0) is 22.6 Å². The second kappa shape index (κ2) is 11.1. The Morgan fingerprint density at radius 3 is 2.60 bits per heavy atom. The number of rotatable bonds is 10. The summed E-state index contributed by atoms with van der Waals surface area (Å²) in [6, 6.07) is 19.4. The summed E-state index contributed by atoms with van der Waals surface area (Å²) in [5, 5.41) is 17.2. The maximum absolute atomic E-state index is 12.3. The van der Waals surface area contributed by atoms with Gasteiger partial charge in [-0.3, -0.25) is 14.9 Å². The van der Waals surface area contributed by atoms with Gasteiger partial charge in [-0.05, 0) is 48.9 Å². The van der Waals surface area contributed by atoms with E-state index < -0.39 is 12.0 Å². The average Bonchev–Trinajstić information content (AvgIpc) is 3.25. The monoisotopic (exact) mass is 491 g/mol.